The fraction of sp³-hybridized carbons (Fsp3) is 0.516. The third-order valence-corrected chi connectivity index (χ3v) is 9.36. The summed E-state index contributed by atoms with van der Waals surface area (Å²) in [6.45, 7) is 12.1. The van der Waals surface area contributed by atoms with Crippen molar-refractivity contribution < 1.29 is 23.6 Å². The minimum atomic E-state index is -0.652. The minimum absolute atomic E-state index is 0.0740. The van der Waals surface area contributed by atoms with Gasteiger partial charge in [-0.25, -0.2) is 9.78 Å². The number of benzene rings is 2. The molecular weight excluding hydrogens is 519 g/mol. The lowest BCUT2D eigenvalue weighted by Gasteiger charge is -2.32. The van der Waals surface area contributed by atoms with Crippen LogP contribution in [0, 0.1) is 11.8 Å². The van der Waals surface area contributed by atoms with Gasteiger partial charge < -0.3 is 29.2 Å². The molecule has 3 fully saturated rings. The zero-order valence-electron chi connectivity index (χ0n) is 24.9. The third-order valence-electron chi connectivity index (χ3n) is 9.36. The maximum atomic E-state index is 13.7. The van der Waals surface area contributed by atoms with Crippen LogP contribution in [0.5, 0.6) is 0 Å². The van der Waals surface area contributed by atoms with Crippen LogP contribution in [0.15, 0.2) is 42.6 Å². The number of likely N-dealkylation sites (tertiary alicyclic amines) is 1. The zero-order valence-corrected chi connectivity index (χ0v) is 24.9. The molecule has 2 aliphatic heterocycles. The van der Waals surface area contributed by atoms with Crippen LogP contribution in [0.2, 0.25) is 0 Å². The predicted molar refractivity (Wildman–Crippen MR) is 158 cm³/mol. The second-order valence-corrected chi connectivity index (χ2v) is 13.0. The molecule has 1 aromatic heterocycles. The minimum Gasteiger partial charge on any atom is -0.453 e. The number of rotatable bonds is 6. The highest BCUT2D eigenvalue weighted by atomic mass is 16.7. The Bertz CT molecular complexity index is 1480. The molecule has 10 heteroatoms. The van der Waals surface area contributed by atoms with Crippen molar-refractivity contribution in [3.63, 3.8) is 0 Å². The monoisotopic (exact) mass is 558 g/mol. The average Bonchev–Trinajstić information content (AvgIpc) is 3.25. The number of ether oxygens (including phenoxy) is 1. The lowest BCUT2D eigenvalue weighted by Crippen LogP contribution is -2.52. The van der Waals surface area contributed by atoms with E-state index >= 15 is 0 Å². The number of piperidine rings is 1. The molecule has 9 nitrogen and oxygen atoms in total. The second kappa shape index (κ2) is 9.88. The van der Waals surface area contributed by atoms with Crippen LogP contribution in [-0.4, -0.2) is 64.4 Å². The number of carbonyl (C=O) groups excluding carboxylic acids is 2. The Balaban J connectivity index is 1.22. The summed E-state index contributed by atoms with van der Waals surface area (Å²) >= 11 is 0. The van der Waals surface area contributed by atoms with Gasteiger partial charge in [0.05, 0.1) is 36.2 Å². The van der Waals surface area contributed by atoms with Crippen molar-refractivity contribution in [2.75, 3.05) is 7.11 Å². The number of amides is 2. The molecule has 2 aromatic carbocycles. The van der Waals surface area contributed by atoms with Gasteiger partial charge in [0.1, 0.15) is 11.9 Å². The van der Waals surface area contributed by atoms with Crippen LogP contribution in [-0.2, 0) is 18.8 Å². The first-order chi connectivity index (χ1) is 19.4. The summed E-state index contributed by atoms with van der Waals surface area (Å²) in [7, 11) is 0.906. The number of fused-ring (bicyclic) bond motifs is 2. The smallest absolute Gasteiger partial charge is 0.453 e. The first kappa shape index (κ1) is 27.8. The molecule has 4 atom stereocenters. The average molecular weight is 558 g/mol. The number of nitrogens with one attached hydrogen (secondary N) is 2. The highest BCUT2D eigenvalue weighted by Crippen LogP contribution is 2.53. The highest BCUT2D eigenvalue weighted by Gasteiger charge is 2.56. The molecule has 1 aliphatic carbocycles. The molecule has 3 heterocycles. The number of hydrogen-bond donors (Lipinski definition) is 2. The molecule has 0 bridgehead atoms. The molecule has 6 rings (SSSR count). The first-order valence-electron chi connectivity index (χ1n) is 14.5. The largest absolute Gasteiger partial charge is 0.494 e. The number of aromatic nitrogens is 2. The molecule has 216 valence electrons. The number of alkyl carbamates (subject to hydrolysis) is 1. The Labute approximate surface area is 241 Å². The molecule has 3 aromatic rings. The van der Waals surface area contributed by atoms with Crippen molar-refractivity contribution in [1.82, 2.24) is 20.2 Å². The normalized spacial score (nSPS) is 24.9. The number of methoxy groups -OCH3 is 1. The van der Waals surface area contributed by atoms with Gasteiger partial charge in [-0.05, 0) is 74.7 Å². The summed E-state index contributed by atoms with van der Waals surface area (Å²) in [5.41, 5.74) is 2.15. The topological polar surface area (TPSA) is 106 Å². The summed E-state index contributed by atoms with van der Waals surface area (Å²) in [5.74, 6) is 1.09. The molecule has 0 spiro atoms. The van der Waals surface area contributed by atoms with Gasteiger partial charge in [-0.15, -0.1) is 0 Å². The molecule has 3 aliphatic rings. The van der Waals surface area contributed by atoms with E-state index in [1.165, 1.54) is 7.11 Å². The molecule has 2 saturated heterocycles. The van der Waals surface area contributed by atoms with Crippen LogP contribution in [0.4, 0.5) is 4.79 Å². The maximum absolute atomic E-state index is 13.7. The van der Waals surface area contributed by atoms with E-state index in [4.69, 9.17) is 19.0 Å². The van der Waals surface area contributed by atoms with Gasteiger partial charge in [0.2, 0.25) is 5.91 Å². The Morgan fingerprint density at radius 2 is 1.76 bits per heavy atom. The quantitative estimate of drug-likeness (QED) is 0.430. The van der Waals surface area contributed by atoms with E-state index in [0.29, 0.717) is 5.92 Å². The van der Waals surface area contributed by atoms with Crippen LogP contribution in [0.3, 0.4) is 0 Å². The van der Waals surface area contributed by atoms with Crippen molar-refractivity contribution in [3.05, 3.63) is 48.4 Å². The van der Waals surface area contributed by atoms with Gasteiger partial charge in [0.15, 0.2) is 0 Å². The van der Waals surface area contributed by atoms with Gasteiger partial charge >= 0.3 is 13.2 Å². The molecule has 2 amide bonds. The fourth-order valence-corrected chi connectivity index (χ4v) is 6.09. The van der Waals surface area contributed by atoms with Gasteiger partial charge in [0, 0.05) is 11.6 Å². The number of carbonyl (C=O) groups is 2. The van der Waals surface area contributed by atoms with Crippen molar-refractivity contribution >= 4 is 35.4 Å². The Kier molecular flexibility index (Phi) is 6.69. The lowest BCUT2D eigenvalue weighted by atomic mass is 9.78. The van der Waals surface area contributed by atoms with Crippen LogP contribution >= 0.6 is 0 Å². The number of hydrogen-bond acceptors (Lipinski definition) is 6. The van der Waals surface area contributed by atoms with Crippen LogP contribution in [0.1, 0.15) is 66.3 Å². The Morgan fingerprint density at radius 3 is 2.44 bits per heavy atom. The summed E-state index contributed by atoms with van der Waals surface area (Å²) in [5, 5.41) is 4.94. The SMILES string of the molecule is COC(=O)N[C@H](C(=O)N1[C@@H]2C[C@@H]2C[C@H]1c1ncc(-c2ccc3cc(B4OC(C)(C)C(C)(C)O4)ccc3c2)[nH]1)C(C)C. The third kappa shape index (κ3) is 4.91. The van der Waals surface area contributed by atoms with Crippen molar-refractivity contribution in [2.45, 2.75) is 83.7 Å². The predicted octanol–water partition coefficient (Wildman–Crippen LogP) is 4.57. The Hall–Kier alpha value is -3.37. The van der Waals surface area contributed by atoms with E-state index in [9.17, 15) is 9.59 Å². The van der Waals surface area contributed by atoms with Crippen molar-refractivity contribution in [2.24, 2.45) is 11.8 Å². The summed E-state index contributed by atoms with van der Waals surface area (Å²) < 4.78 is 17.3. The number of nitrogens with zero attached hydrogens (tertiary/aromatic N) is 2. The van der Waals surface area contributed by atoms with Gasteiger partial charge in [0.25, 0.3) is 0 Å². The van der Waals surface area contributed by atoms with E-state index in [2.05, 4.69) is 74.4 Å². The molecule has 0 radical (unpaired) electrons. The molecule has 41 heavy (non-hydrogen) atoms. The zero-order chi connectivity index (χ0) is 29.3. The fourth-order valence-electron chi connectivity index (χ4n) is 6.09. The van der Waals surface area contributed by atoms with Gasteiger partial charge in [-0.1, -0.05) is 44.2 Å². The molecular formula is C31H39BN4O5. The van der Waals surface area contributed by atoms with E-state index in [1.54, 1.807) is 0 Å². The lowest BCUT2D eigenvalue weighted by molar-refractivity contribution is -0.136. The first-order valence-corrected chi connectivity index (χ1v) is 14.5. The Morgan fingerprint density at radius 1 is 1.07 bits per heavy atom. The molecule has 1 saturated carbocycles. The van der Waals surface area contributed by atoms with E-state index in [1.807, 2.05) is 24.9 Å². The van der Waals surface area contributed by atoms with Gasteiger partial charge in [-0.3, -0.25) is 4.79 Å². The summed E-state index contributed by atoms with van der Waals surface area (Å²) in [6.07, 6.45) is 3.11. The van der Waals surface area contributed by atoms with Crippen molar-refractivity contribution in [3.8, 4) is 11.3 Å². The molecule has 2 N–H and O–H groups in total. The number of H-pyrrole nitrogens is 1. The van der Waals surface area contributed by atoms with Crippen LogP contribution in [0.25, 0.3) is 22.0 Å². The van der Waals surface area contributed by atoms with Crippen molar-refractivity contribution in [1.29, 1.82) is 0 Å². The van der Waals surface area contributed by atoms with E-state index in [-0.39, 0.29) is 35.1 Å². The van der Waals surface area contributed by atoms with E-state index < -0.39 is 19.3 Å². The van der Waals surface area contributed by atoms with Gasteiger partial charge in [-0.2, -0.15) is 0 Å². The molecule has 0 unspecified atom stereocenters. The standard InChI is InChI=1S/C31H39BN4O5/c1-17(2)26(35-29(38)39-7)28(37)36-24-14-21(24)15-25(36)27-33-16-23(34-27)20-9-8-19-13-22(11-10-18(19)12-20)32-40-30(3,4)31(5,6)41-32/h8-13,16-17,21,24-26H,14-15H2,1-7H3,(H,33,34)(H,35,38)/t21-,24-,25+,26+/m1/s1. The number of aromatic amines is 1. The van der Waals surface area contributed by atoms with Crippen LogP contribution < -0.4 is 10.8 Å². The highest BCUT2D eigenvalue weighted by molar-refractivity contribution is 6.62. The summed E-state index contributed by atoms with van der Waals surface area (Å²) in [6, 6.07) is 12.0. The number of imidazole rings is 1. The van der Waals surface area contributed by atoms with E-state index in [0.717, 1.165) is 46.2 Å². The second-order valence-electron chi connectivity index (χ2n) is 13.0. The summed E-state index contributed by atoms with van der Waals surface area (Å²) in [4.78, 5) is 35.8. The maximum Gasteiger partial charge on any atom is 0.494 e.